The van der Waals surface area contributed by atoms with Gasteiger partial charge in [-0.2, -0.15) is 0 Å². The molecule has 130 valence electrons. The maximum Gasteiger partial charge on any atom is 0.191 e. The topological polar surface area (TPSA) is 49.3 Å². The molecular weight excluding hydrogens is 316 g/mol. The van der Waals surface area contributed by atoms with Crippen molar-refractivity contribution in [1.82, 2.24) is 15.6 Å². The van der Waals surface area contributed by atoms with Gasteiger partial charge in [0.25, 0.3) is 0 Å². The van der Waals surface area contributed by atoms with Crippen LogP contribution in [-0.2, 0) is 13.0 Å². The Labute approximate surface area is 149 Å². The minimum Gasteiger partial charge on any atom is -0.357 e. The Bertz CT molecular complexity index is 661. The van der Waals surface area contributed by atoms with E-state index in [2.05, 4.69) is 78.0 Å². The monoisotopic (exact) mass is 344 g/mol. The lowest BCUT2D eigenvalue weighted by Gasteiger charge is -2.11. The number of nitrogens with one attached hydrogen (secondary N) is 2. The second-order valence-electron chi connectivity index (χ2n) is 6.18. The van der Waals surface area contributed by atoms with Crippen molar-refractivity contribution in [3.63, 3.8) is 0 Å². The lowest BCUT2D eigenvalue weighted by Crippen LogP contribution is -2.38. The first-order chi connectivity index (χ1) is 11.6. The van der Waals surface area contributed by atoms with Gasteiger partial charge < -0.3 is 10.6 Å². The molecule has 2 N–H and O–H groups in total. The van der Waals surface area contributed by atoms with E-state index in [1.807, 2.05) is 0 Å². The molecule has 0 aliphatic rings. The molecule has 0 atom stereocenters. The number of aryl methyl sites for hydroxylation is 1. The Kier molecular flexibility index (Phi) is 7.25. The van der Waals surface area contributed by atoms with Crippen LogP contribution in [-0.4, -0.2) is 24.0 Å². The molecule has 0 bridgehead atoms. The summed E-state index contributed by atoms with van der Waals surface area (Å²) in [6, 6.07) is 8.64. The first-order valence-corrected chi connectivity index (χ1v) is 9.48. The fourth-order valence-electron chi connectivity index (χ4n) is 2.34. The van der Waals surface area contributed by atoms with E-state index in [4.69, 9.17) is 0 Å². The molecule has 1 aromatic heterocycles. The second-order valence-corrected chi connectivity index (χ2v) is 7.12. The quantitative estimate of drug-likeness (QED) is 0.592. The SMILES string of the molecule is CCNC(=NCc1nc(C(C)C)cs1)NCCc1cccc(C)c1. The minimum atomic E-state index is 0.472. The fourth-order valence-corrected chi connectivity index (χ4v) is 3.22. The van der Waals surface area contributed by atoms with E-state index in [9.17, 15) is 0 Å². The van der Waals surface area contributed by atoms with Crippen molar-refractivity contribution in [2.24, 2.45) is 4.99 Å². The molecule has 1 heterocycles. The molecule has 0 amide bonds. The standard InChI is InChI=1S/C19H28N4S/c1-5-20-19(21-10-9-16-8-6-7-15(4)11-16)22-12-18-23-17(13-24-18)14(2)3/h6-8,11,13-14H,5,9-10,12H2,1-4H3,(H2,20,21,22). The Morgan fingerprint density at radius 3 is 2.79 bits per heavy atom. The van der Waals surface area contributed by atoms with Crippen LogP contribution in [0.1, 0.15) is 48.5 Å². The summed E-state index contributed by atoms with van der Waals surface area (Å²) < 4.78 is 0. The van der Waals surface area contributed by atoms with Crippen LogP contribution in [0.25, 0.3) is 0 Å². The van der Waals surface area contributed by atoms with Crippen LogP contribution in [0.2, 0.25) is 0 Å². The van der Waals surface area contributed by atoms with E-state index in [1.165, 1.54) is 11.1 Å². The Morgan fingerprint density at radius 2 is 2.12 bits per heavy atom. The molecule has 5 heteroatoms. The average Bonchev–Trinajstić information content (AvgIpc) is 3.02. The lowest BCUT2D eigenvalue weighted by molar-refractivity contribution is 0.793. The third-order valence-electron chi connectivity index (χ3n) is 3.67. The van der Waals surface area contributed by atoms with Crippen molar-refractivity contribution in [3.05, 3.63) is 51.5 Å². The molecule has 0 aliphatic carbocycles. The zero-order valence-electron chi connectivity index (χ0n) is 15.1. The highest BCUT2D eigenvalue weighted by Crippen LogP contribution is 2.18. The molecule has 0 aliphatic heterocycles. The van der Waals surface area contributed by atoms with E-state index in [-0.39, 0.29) is 0 Å². The van der Waals surface area contributed by atoms with Crippen LogP contribution in [0.4, 0.5) is 0 Å². The molecule has 0 saturated carbocycles. The van der Waals surface area contributed by atoms with Crippen LogP contribution in [0.5, 0.6) is 0 Å². The number of aromatic nitrogens is 1. The summed E-state index contributed by atoms with van der Waals surface area (Å²) in [6.45, 7) is 10.9. The largest absolute Gasteiger partial charge is 0.357 e. The highest BCUT2D eigenvalue weighted by atomic mass is 32.1. The number of thiazole rings is 1. The van der Waals surface area contributed by atoms with Crippen molar-refractivity contribution in [1.29, 1.82) is 0 Å². The molecule has 0 unspecified atom stereocenters. The van der Waals surface area contributed by atoms with Gasteiger partial charge in [-0.25, -0.2) is 9.98 Å². The number of benzene rings is 1. The predicted octanol–water partition coefficient (Wildman–Crippen LogP) is 3.87. The van der Waals surface area contributed by atoms with Gasteiger partial charge in [0.2, 0.25) is 0 Å². The summed E-state index contributed by atoms with van der Waals surface area (Å²) in [5, 5.41) is 9.90. The minimum absolute atomic E-state index is 0.472. The van der Waals surface area contributed by atoms with E-state index >= 15 is 0 Å². The van der Waals surface area contributed by atoms with Crippen LogP contribution in [0, 0.1) is 6.92 Å². The van der Waals surface area contributed by atoms with Crippen molar-refractivity contribution < 1.29 is 0 Å². The first-order valence-electron chi connectivity index (χ1n) is 8.60. The molecule has 0 spiro atoms. The van der Waals surface area contributed by atoms with Gasteiger partial charge in [-0.05, 0) is 31.7 Å². The summed E-state index contributed by atoms with van der Waals surface area (Å²) in [4.78, 5) is 9.28. The van der Waals surface area contributed by atoms with Gasteiger partial charge in [0, 0.05) is 18.5 Å². The zero-order chi connectivity index (χ0) is 17.4. The van der Waals surface area contributed by atoms with Gasteiger partial charge in [-0.1, -0.05) is 43.7 Å². The third kappa shape index (κ3) is 5.96. The molecule has 2 aromatic rings. The fraction of sp³-hybridized carbons (Fsp3) is 0.474. The molecule has 0 saturated heterocycles. The second kappa shape index (κ2) is 9.42. The highest BCUT2D eigenvalue weighted by molar-refractivity contribution is 7.09. The lowest BCUT2D eigenvalue weighted by atomic mass is 10.1. The van der Waals surface area contributed by atoms with E-state index in [0.29, 0.717) is 12.5 Å². The van der Waals surface area contributed by atoms with Gasteiger partial charge in [-0.15, -0.1) is 11.3 Å². The van der Waals surface area contributed by atoms with Crippen molar-refractivity contribution in [3.8, 4) is 0 Å². The van der Waals surface area contributed by atoms with E-state index in [1.54, 1.807) is 11.3 Å². The summed E-state index contributed by atoms with van der Waals surface area (Å²) in [5.41, 5.74) is 3.81. The number of aliphatic imine (C=N–C) groups is 1. The van der Waals surface area contributed by atoms with Crippen molar-refractivity contribution in [2.75, 3.05) is 13.1 Å². The Balaban J connectivity index is 1.87. The van der Waals surface area contributed by atoms with E-state index in [0.717, 1.165) is 36.2 Å². The molecule has 4 nitrogen and oxygen atoms in total. The van der Waals surface area contributed by atoms with Gasteiger partial charge in [0.1, 0.15) is 5.01 Å². The van der Waals surface area contributed by atoms with Crippen LogP contribution >= 0.6 is 11.3 Å². The predicted molar refractivity (Wildman–Crippen MR) is 104 cm³/mol. The van der Waals surface area contributed by atoms with Crippen LogP contribution < -0.4 is 10.6 Å². The smallest absolute Gasteiger partial charge is 0.191 e. The average molecular weight is 345 g/mol. The van der Waals surface area contributed by atoms with Gasteiger partial charge in [0.15, 0.2) is 5.96 Å². The maximum atomic E-state index is 4.65. The van der Waals surface area contributed by atoms with Gasteiger partial charge in [0.05, 0.1) is 12.2 Å². The molecular formula is C19H28N4S. The molecule has 2 rings (SSSR count). The highest BCUT2D eigenvalue weighted by Gasteiger charge is 2.05. The summed E-state index contributed by atoms with van der Waals surface area (Å²) in [5.74, 6) is 1.33. The Hall–Kier alpha value is -1.88. The van der Waals surface area contributed by atoms with Crippen molar-refractivity contribution in [2.45, 2.75) is 46.6 Å². The van der Waals surface area contributed by atoms with E-state index < -0.39 is 0 Å². The Morgan fingerprint density at radius 1 is 1.29 bits per heavy atom. The first kappa shape index (κ1) is 18.5. The number of nitrogens with zero attached hydrogens (tertiary/aromatic N) is 2. The van der Waals surface area contributed by atoms with Gasteiger partial charge >= 0.3 is 0 Å². The molecule has 0 fully saturated rings. The summed E-state index contributed by atoms with van der Waals surface area (Å²) in [6.07, 6.45) is 0.987. The molecule has 0 radical (unpaired) electrons. The van der Waals surface area contributed by atoms with Gasteiger partial charge in [-0.3, -0.25) is 0 Å². The number of hydrogen-bond donors (Lipinski definition) is 2. The maximum absolute atomic E-state index is 4.65. The third-order valence-corrected chi connectivity index (χ3v) is 4.52. The van der Waals surface area contributed by atoms with Crippen molar-refractivity contribution >= 4 is 17.3 Å². The number of guanidine groups is 1. The molecule has 24 heavy (non-hydrogen) atoms. The normalized spacial score (nSPS) is 11.8. The van der Waals surface area contributed by atoms with Crippen LogP contribution in [0.15, 0.2) is 34.6 Å². The zero-order valence-corrected chi connectivity index (χ0v) is 15.9. The summed E-state index contributed by atoms with van der Waals surface area (Å²) in [7, 11) is 0. The number of hydrogen-bond acceptors (Lipinski definition) is 3. The number of rotatable bonds is 7. The van der Waals surface area contributed by atoms with Crippen LogP contribution in [0.3, 0.4) is 0 Å². The molecule has 1 aromatic carbocycles. The summed E-state index contributed by atoms with van der Waals surface area (Å²) >= 11 is 1.69.